The minimum Gasteiger partial charge on any atom is -0.392 e. The van der Waals surface area contributed by atoms with E-state index in [4.69, 9.17) is 0 Å². The van der Waals surface area contributed by atoms with Crippen LogP contribution in [0, 0.1) is 10.1 Å². The molecule has 0 saturated heterocycles. The van der Waals surface area contributed by atoms with Crippen molar-refractivity contribution in [3.63, 3.8) is 0 Å². The van der Waals surface area contributed by atoms with Gasteiger partial charge in [-0.25, -0.2) is 0 Å². The molecule has 19 heavy (non-hydrogen) atoms. The van der Waals surface area contributed by atoms with Gasteiger partial charge in [0, 0.05) is 12.1 Å². The minimum absolute atomic E-state index is 0.0393. The third-order valence-corrected chi connectivity index (χ3v) is 3.33. The van der Waals surface area contributed by atoms with Gasteiger partial charge >= 0.3 is 0 Å². The first-order chi connectivity index (χ1) is 9.20. The van der Waals surface area contributed by atoms with Crippen LogP contribution in [0.2, 0.25) is 0 Å². The van der Waals surface area contributed by atoms with Gasteiger partial charge in [0.1, 0.15) is 0 Å². The first-order valence-corrected chi connectivity index (χ1v) is 5.90. The number of hydrogen-bond acceptors (Lipinski definition) is 3. The summed E-state index contributed by atoms with van der Waals surface area (Å²) in [6.45, 7) is -0.140. The molecule has 0 aliphatic rings. The van der Waals surface area contributed by atoms with Crippen LogP contribution in [0.15, 0.2) is 48.5 Å². The highest BCUT2D eigenvalue weighted by Crippen LogP contribution is 2.30. The van der Waals surface area contributed by atoms with Crippen LogP contribution in [0.1, 0.15) is 5.56 Å². The molecule has 3 aromatic rings. The highest BCUT2D eigenvalue weighted by atomic mass is 16.6. The Labute approximate surface area is 109 Å². The molecule has 0 aliphatic carbocycles. The average molecular weight is 253 g/mol. The van der Waals surface area contributed by atoms with Crippen LogP contribution in [0.5, 0.6) is 0 Å². The van der Waals surface area contributed by atoms with Gasteiger partial charge in [0.05, 0.1) is 11.5 Å². The molecule has 0 heterocycles. The number of hydrogen-bond donors (Lipinski definition) is 1. The fourth-order valence-electron chi connectivity index (χ4n) is 2.43. The van der Waals surface area contributed by atoms with E-state index in [0.29, 0.717) is 0 Å². The molecule has 94 valence electrons. The van der Waals surface area contributed by atoms with E-state index in [2.05, 4.69) is 0 Å². The van der Waals surface area contributed by atoms with Crippen molar-refractivity contribution in [2.75, 3.05) is 0 Å². The van der Waals surface area contributed by atoms with Crippen molar-refractivity contribution in [1.29, 1.82) is 0 Å². The third kappa shape index (κ3) is 1.82. The fraction of sp³-hybridized carbons (Fsp3) is 0.0667. The number of rotatable bonds is 2. The molecule has 4 nitrogen and oxygen atoms in total. The Morgan fingerprint density at radius 2 is 1.74 bits per heavy atom. The molecule has 0 atom stereocenters. The van der Waals surface area contributed by atoms with Crippen molar-refractivity contribution in [2.24, 2.45) is 0 Å². The third-order valence-electron chi connectivity index (χ3n) is 3.33. The zero-order chi connectivity index (χ0) is 13.4. The average Bonchev–Trinajstić information content (AvgIpc) is 2.44. The molecule has 0 spiro atoms. The lowest BCUT2D eigenvalue weighted by Gasteiger charge is -2.09. The van der Waals surface area contributed by atoms with E-state index in [1.165, 1.54) is 12.1 Å². The molecule has 0 unspecified atom stereocenters. The first-order valence-electron chi connectivity index (χ1n) is 5.90. The lowest BCUT2D eigenvalue weighted by atomic mass is 9.97. The van der Waals surface area contributed by atoms with Crippen LogP contribution in [0.4, 0.5) is 5.69 Å². The molecule has 0 radical (unpaired) electrons. The standard InChI is InChI=1S/C15H11NO3/c17-9-15-13-4-2-1-3-10(13)7-11-5-6-12(16(18)19)8-14(11)15/h1-8,17H,9H2. The lowest BCUT2D eigenvalue weighted by Crippen LogP contribution is -1.92. The van der Waals surface area contributed by atoms with E-state index >= 15 is 0 Å². The summed E-state index contributed by atoms with van der Waals surface area (Å²) in [5.41, 5.74) is 0.772. The Morgan fingerprint density at radius 1 is 1.00 bits per heavy atom. The van der Waals surface area contributed by atoms with Crippen molar-refractivity contribution in [2.45, 2.75) is 6.61 Å². The summed E-state index contributed by atoms with van der Waals surface area (Å²) in [6, 6.07) is 14.4. The van der Waals surface area contributed by atoms with Gasteiger partial charge in [0.15, 0.2) is 0 Å². The normalized spacial score (nSPS) is 11.0. The number of non-ortho nitro benzene ring substituents is 1. The fourth-order valence-corrected chi connectivity index (χ4v) is 2.43. The maximum Gasteiger partial charge on any atom is 0.270 e. The number of benzene rings is 3. The first kappa shape index (κ1) is 11.6. The van der Waals surface area contributed by atoms with Crippen LogP contribution in [0.25, 0.3) is 21.5 Å². The summed E-state index contributed by atoms with van der Waals surface area (Å²) in [6.07, 6.45) is 0. The SMILES string of the molecule is O=[N+]([O-])c1ccc2cc3ccccc3c(CO)c2c1. The van der Waals surface area contributed by atoms with Gasteiger partial charge in [0.25, 0.3) is 5.69 Å². The van der Waals surface area contributed by atoms with Crippen LogP contribution >= 0.6 is 0 Å². The predicted octanol–water partition coefficient (Wildman–Crippen LogP) is 3.39. The van der Waals surface area contributed by atoms with Gasteiger partial charge in [-0.3, -0.25) is 10.1 Å². The quantitative estimate of drug-likeness (QED) is 0.432. The molecular formula is C15H11NO3. The van der Waals surface area contributed by atoms with E-state index < -0.39 is 4.92 Å². The van der Waals surface area contributed by atoms with Crippen molar-refractivity contribution < 1.29 is 10.0 Å². The molecule has 0 fully saturated rings. The number of nitro benzene ring substituents is 1. The Balaban J connectivity index is 2.46. The van der Waals surface area contributed by atoms with Gasteiger partial charge in [-0.1, -0.05) is 24.3 Å². The van der Waals surface area contributed by atoms with Crippen molar-refractivity contribution in [1.82, 2.24) is 0 Å². The van der Waals surface area contributed by atoms with Gasteiger partial charge in [-0.15, -0.1) is 0 Å². The zero-order valence-electron chi connectivity index (χ0n) is 10.0. The Morgan fingerprint density at radius 3 is 2.47 bits per heavy atom. The van der Waals surface area contributed by atoms with Crippen molar-refractivity contribution in [3.05, 3.63) is 64.2 Å². The molecule has 0 aliphatic heterocycles. The second-order valence-electron chi connectivity index (χ2n) is 4.40. The van der Waals surface area contributed by atoms with Crippen LogP contribution in [-0.4, -0.2) is 10.0 Å². The second-order valence-corrected chi connectivity index (χ2v) is 4.40. The largest absolute Gasteiger partial charge is 0.392 e. The summed E-state index contributed by atoms with van der Waals surface area (Å²) in [5, 5.41) is 24.0. The van der Waals surface area contributed by atoms with Crippen LogP contribution in [0.3, 0.4) is 0 Å². The minimum atomic E-state index is -0.421. The van der Waals surface area contributed by atoms with E-state index in [-0.39, 0.29) is 12.3 Å². The number of nitro groups is 1. The van der Waals surface area contributed by atoms with E-state index in [1.807, 2.05) is 30.3 Å². The van der Waals surface area contributed by atoms with Crippen LogP contribution < -0.4 is 0 Å². The van der Waals surface area contributed by atoms with Crippen LogP contribution in [-0.2, 0) is 6.61 Å². The summed E-state index contributed by atoms with van der Waals surface area (Å²) in [7, 11) is 0. The van der Waals surface area contributed by atoms with E-state index in [0.717, 1.165) is 27.1 Å². The maximum atomic E-state index is 10.9. The van der Waals surface area contributed by atoms with Gasteiger partial charge in [-0.05, 0) is 39.2 Å². The predicted molar refractivity (Wildman–Crippen MR) is 74.0 cm³/mol. The molecule has 0 amide bonds. The number of nitrogens with zero attached hydrogens (tertiary/aromatic N) is 1. The summed E-state index contributed by atoms with van der Waals surface area (Å²) in [4.78, 5) is 10.4. The van der Waals surface area contributed by atoms with Gasteiger partial charge in [0.2, 0.25) is 0 Å². The molecule has 0 aromatic heterocycles. The summed E-state index contributed by atoms with van der Waals surface area (Å²) in [5.74, 6) is 0. The molecule has 0 bridgehead atoms. The number of aliphatic hydroxyl groups excluding tert-OH is 1. The lowest BCUT2D eigenvalue weighted by molar-refractivity contribution is -0.384. The number of fused-ring (bicyclic) bond motifs is 2. The highest BCUT2D eigenvalue weighted by molar-refractivity contribution is 6.02. The van der Waals surface area contributed by atoms with Gasteiger partial charge < -0.3 is 5.11 Å². The molecule has 3 aromatic carbocycles. The highest BCUT2D eigenvalue weighted by Gasteiger charge is 2.11. The Hall–Kier alpha value is -2.46. The van der Waals surface area contributed by atoms with E-state index in [9.17, 15) is 15.2 Å². The Kier molecular flexibility index (Phi) is 2.65. The number of aliphatic hydroxyl groups is 1. The van der Waals surface area contributed by atoms with Crippen molar-refractivity contribution >= 4 is 27.2 Å². The van der Waals surface area contributed by atoms with Crippen molar-refractivity contribution in [3.8, 4) is 0 Å². The summed E-state index contributed by atoms with van der Waals surface area (Å²) < 4.78 is 0. The molecule has 0 saturated carbocycles. The van der Waals surface area contributed by atoms with Gasteiger partial charge in [-0.2, -0.15) is 0 Å². The Bertz CT molecular complexity index is 796. The van der Waals surface area contributed by atoms with E-state index in [1.54, 1.807) is 6.07 Å². The molecule has 1 N–H and O–H groups in total. The molecule has 4 heteroatoms. The molecule has 3 rings (SSSR count). The zero-order valence-corrected chi connectivity index (χ0v) is 10.0. The molecular weight excluding hydrogens is 242 g/mol. The summed E-state index contributed by atoms with van der Waals surface area (Å²) >= 11 is 0. The topological polar surface area (TPSA) is 63.4 Å². The maximum absolute atomic E-state index is 10.9. The monoisotopic (exact) mass is 253 g/mol. The second kappa shape index (κ2) is 4.33. The smallest absolute Gasteiger partial charge is 0.270 e.